The maximum atomic E-state index is 4.37. The van der Waals surface area contributed by atoms with Gasteiger partial charge in [-0.25, -0.2) is 4.98 Å². The number of hydrogen-bond acceptors (Lipinski definition) is 2. The predicted molar refractivity (Wildman–Crippen MR) is 45.3 cm³/mol. The van der Waals surface area contributed by atoms with E-state index in [0.717, 1.165) is 18.1 Å². The highest BCUT2D eigenvalue weighted by Crippen LogP contribution is 2.01. The Morgan fingerprint density at radius 1 is 1.55 bits per heavy atom. The minimum Gasteiger partial charge on any atom is -0.337 e. The molecule has 11 heavy (non-hydrogen) atoms. The number of rotatable bonds is 2. The van der Waals surface area contributed by atoms with E-state index in [-0.39, 0.29) is 0 Å². The van der Waals surface area contributed by atoms with Crippen LogP contribution in [0.1, 0.15) is 11.5 Å². The third kappa shape index (κ3) is 2.05. The first-order valence-corrected chi connectivity index (χ1v) is 3.73. The molecule has 0 bridgehead atoms. The largest absolute Gasteiger partial charge is 0.337 e. The number of aromatic nitrogens is 2. The Morgan fingerprint density at radius 2 is 2.18 bits per heavy atom. The molecule has 0 unspecified atom stereocenters. The Balaban J connectivity index is 2.77. The van der Waals surface area contributed by atoms with Gasteiger partial charge in [0, 0.05) is 13.2 Å². The van der Waals surface area contributed by atoms with E-state index in [4.69, 9.17) is 0 Å². The molecular formula is C8H15N3. The van der Waals surface area contributed by atoms with Crippen LogP contribution in [0.15, 0.2) is 6.20 Å². The van der Waals surface area contributed by atoms with E-state index in [1.807, 2.05) is 34.3 Å². The number of aryl methyl sites for hydroxylation is 2. The van der Waals surface area contributed by atoms with E-state index >= 15 is 0 Å². The fourth-order valence-corrected chi connectivity index (χ4v) is 1.10. The van der Waals surface area contributed by atoms with Gasteiger partial charge < -0.3 is 9.47 Å². The molecule has 0 aromatic carbocycles. The van der Waals surface area contributed by atoms with E-state index in [0.29, 0.717) is 0 Å². The standard InChI is InChI=1S/C8H15N3/c1-7-5-11(4)8(9-7)6-10(2)3/h5H,6H2,1-4H3. The average molecular weight is 153 g/mol. The molecule has 0 aliphatic carbocycles. The molecule has 0 N–H and O–H groups in total. The molecule has 1 aromatic heterocycles. The average Bonchev–Trinajstić information content (AvgIpc) is 2.09. The summed E-state index contributed by atoms with van der Waals surface area (Å²) in [4.78, 5) is 6.48. The van der Waals surface area contributed by atoms with Crippen molar-refractivity contribution in [1.82, 2.24) is 14.5 Å². The highest BCUT2D eigenvalue weighted by Gasteiger charge is 2.01. The molecule has 0 radical (unpaired) electrons. The Kier molecular flexibility index (Phi) is 2.29. The minimum absolute atomic E-state index is 0.907. The Morgan fingerprint density at radius 3 is 2.55 bits per heavy atom. The van der Waals surface area contributed by atoms with Gasteiger partial charge in [-0.2, -0.15) is 0 Å². The van der Waals surface area contributed by atoms with Crippen LogP contribution in [0.4, 0.5) is 0 Å². The molecule has 1 heterocycles. The van der Waals surface area contributed by atoms with Crippen LogP contribution in [0.2, 0.25) is 0 Å². The van der Waals surface area contributed by atoms with E-state index in [9.17, 15) is 0 Å². The van der Waals surface area contributed by atoms with E-state index in [1.54, 1.807) is 0 Å². The van der Waals surface area contributed by atoms with Gasteiger partial charge >= 0.3 is 0 Å². The van der Waals surface area contributed by atoms with Crippen molar-refractivity contribution in [2.24, 2.45) is 7.05 Å². The van der Waals surface area contributed by atoms with E-state index in [2.05, 4.69) is 14.5 Å². The molecule has 0 atom stereocenters. The van der Waals surface area contributed by atoms with Gasteiger partial charge in [0.15, 0.2) is 0 Å². The molecule has 0 aliphatic rings. The third-order valence-electron chi connectivity index (χ3n) is 1.55. The Bertz CT molecular complexity index is 237. The highest BCUT2D eigenvalue weighted by molar-refractivity contribution is 5.00. The topological polar surface area (TPSA) is 21.1 Å². The van der Waals surface area contributed by atoms with E-state index in [1.165, 1.54) is 0 Å². The van der Waals surface area contributed by atoms with Gasteiger partial charge in [0.25, 0.3) is 0 Å². The molecule has 0 spiro atoms. The first kappa shape index (κ1) is 8.27. The molecule has 0 aliphatic heterocycles. The molecule has 1 aromatic rings. The van der Waals surface area contributed by atoms with Crippen molar-refractivity contribution < 1.29 is 0 Å². The van der Waals surface area contributed by atoms with Crippen molar-refractivity contribution in [3.05, 3.63) is 17.7 Å². The summed E-state index contributed by atoms with van der Waals surface area (Å²) in [6.45, 7) is 2.92. The lowest BCUT2D eigenvalue weighted by atomic mass is 10.5. The van der Waals surface area contributed by atoms with E-state index < -0.39 is 0 Å². The lowest BCUT2D eigenvalue weighted by Gasteiger charge is -2.08. The van der Waals surface area contributed by atoms with Crippen LogP contribution in [0.5, 0.6) is 0 Å². The zero-order valence-corrected chi connectivity index (χ0v) is 7.63. The second kappa shape index (κ2) is 3.05. The monoisotopic (exact) mass is 153 g/mol. The minimum atomic E-state index is 0.907. The molecule has 3 nitrogen and oxygen atoms in total. The quantitative estimate of drug-likeness (QED) is 0.626. The van der Waals surface area contributed by atoms with Gasteiger partial charge in [-0.1, -0.05) is 0 Å². The first-order valence-electron chi connectivity index (χ1n) is 3.73. The van der Waals surface area contributed by atoms with Crippen LogP contribution < -0.4 is 0 Å². The summed E-state index contributed by atoms with van der Waals surface area (Å²) in [7, 11) is 6.12. The zero-order valence-electron chi connectivity index (χ0n) is 7.63. The van der Waals surface area contributed by atoms with Crippen LogP contribution >= 0.6 is 0 Å². The summed E-state index contributed by atoms with van der Waals surface area (Å²) in [6.07, 6.45) is 2.04. The van der Waals surface area contributed by atoms with Gasteiger partial charge in [0.1, 0.15) is 5.82 Å². The summed E-state index contributed by atoms with van der Waals surface area (Å²) in [6, 6.07) is 0. The van der Waals surface area contributed by atoms with Crippen molar-refractivity contribution >= 4 is 0 Å². The van der Waals surface area contributed by atoms with Crippen LogP contribution in [-0.2, 0) is 13.6 Å². The van der Waals surface area contributed by atoms with Crippen molar-refractivity contribution in [1.29, 1.82) is 0 Å². The maximum absolute atomic E-state index is 4.37. The Hall–Kier alpha value is -0.830. The predicted octanol–water partition coefficient (Wildman–Crippen LogP) is 0.790. The lowest BCUT2D eigenvalue weighted by molar-refractivity contribution is 0.384. The zero-order chi connectivity index (χ0) is 8.43. The van der Waals surface area contributed by atoms with Crippen LogP contribution in [0, 0.1) is 6.92 Å². The van der Waals surface area contributed by atoms with Crippen molar-refractivity contribution in [3.63, 3.8) is 0 Å². The number of hydrogen-bond donors (Lipinski definition) is 0. The third-order valence-corrected chi connectivity index (χ3v) is 1.55. The van der Waals surface area contributed by atoms with Crippen molar-refractivity contribution in [2.45, 2.75) is 13.5 Å². The smallest absolute Gasteiger partial charge is 0.122 e. The summed E-state index contributed by atoms with van der Waals surface area (Å²) < 4.78 is 2.06. The fraction of sp³-hybridized carbons (Fsp3) is 0.625. The maximum Gasteiger partial charge on any atom is 0.122 e. The van der Waals surface area contributed by atoms with Gasteiger partial charge in [-0.3, -0.25) is 0 Å². The number of imidazole rings is 1. The van der Waals surface area contributed by atoms with Crippen molar-refractivity contribution in [2.75, 3.05) is 14.1 Å². The molecule has 1 rings (SSSR count). The number of nitrogens with zero attached hydrogens (tertiary/aromatic N) is 3. The second-order valence-electron chi connectivity index (χ2n) is 3.15. The van der Waals surface area contributed by atoms with Gasteiger partial charge in [-0.05, 0) is 21.0 Å². The molecule has 0 saturated heterocycles. The molecule has 0 saturated carbocycles. The first-order chi connectivity index (χ1) is 5.09. The van der Waals surface area contributed by atoms with Crippen LogP contribution in [-0.4, -0.2) is 28.5 Å². The summed E-state index contributed by atoms with van der Waals surface area (Å²) in [5.74, 6) is 1.12. The van der Waals surface area contributed by atoms with Crippen LogP contribution in [0.3, 0.4) is 0 Å². The second-order valence-corrected chi connectivity index (χ2v) is 3.15. The summed E-state index contributed by atoms with van der Waals surface area (Å²) >= 11 is 0. The highest BCUT2D eigenvalue weighted by atomic mass is 15.1. The van der Waals surface area contributed by atoms with Crippen LogP contribution in [0.25, 0.3) is 0 Å². The molecule has 0 amide bonds. The normalized spacial score (nSPS) is 11.0. The molecule has 3 heteroatoms. The summed E-state index contributed by atoms with van der Waals surface area (Å²) in [5.41, 5.74) is 1.09. The van der Waals surface area contributed by atoms with Gasteiger partial charge in [-0.15, -0.1) is 0 Å². The molecule has 0 fully saturated rings. The van der Waals surface area contributed by atoms with Crippen molar-refractivity contribution in [3.8, 4) is 0 Å². The molecule has 62 valence electrons. The van der Waals surface area contributed by atoms with Gasteiger partial charge in [0.2, 0.25) is 0 Å². The fourth-order valence-electron chi connectivity index (χ4n) is 1.10. The molecular weight excluding hydrogens is 138 g/mol. The summed E-state index contributed by atoms with van der Waals surface area (Å²) in [5, 5.41) is 0. The Labute approximate surface area is 67.7 Å². The van der Waals surface area contributed by atoms with Gasteiger partial charge in [0.05, 0.1) is 12.2 Å². The SMILES string of the molecule is Cc1cn(C)c(CN(C)C)n1. The lowest BCUT2D eigenvalue weighted by Crippen LogP contribution is -2.14.